The van der Waals surface area contributed by atoms with E-state index in [1.807, 2.05) is 18.2 Å². The lowest BCUT2D eigenvalue weighted by Crippen LogP contribution is -1.85. The zero-order chi connectivity index (χ0) is 13.8. The maximum Gasteiger partial charge on any atom is 0.151 e. The van der Waals surface area contributed by atoms with E-state index >= 15 is 0 Å². The van der Waals surface area contributed by atoms with Crippen LogP contribution in [0.25, 0.3) is 0 Å². The maximum absolute atomic E-state index is 10.8. The molecule has 100 valence electrons. The highest BCUT2D eigenvalue weighted by Gasteiger charge is 1.94. The molecule has 19 heavy (non-hydrogen) atoms. The Morgan fingerprint density at radius 3 is 2.58 bits per heavy atom. The van der Waals surface area contributed by atoms with Gasteiger partial charge in [-0.1, -0.05) is 62.0 Å². The molecule has 1 nitrogen and oxygen atoms in total. The summed E-state index contributed by atoms with van der Waals surface area (Å²) in [5.41, 5.74) is 1.51. The summed E-state index contributed by atoms with van der Waals surface area (Å²) < 4.78 is 0. The van der Waals surface area contributed by atoms with Gasteiger partial charge in [0, 0.05) is 17.5 Å². The first-order valence-electron chi connectivity index (χ1n) is 7.06. The number of benzene rings is 1. The van der Waals surface area contributed by atoms with E-state index in [-0.39, 0.29) is 0 Å². The molecule has 0 saturated carbocycles. The molecule has 0 aromatic heterocycles. The van der Waals surface area contributed by atoms with E-state index in [0.29, 0.717) is 5.56 Å². The molecule has 0 spiro atoms. The third kappa shape index (κ3) is 6.62. The summed E-state index contributed by atoms with van der Waals surface area (Å²) >= 11 is 0. The summed E-state index contributed by atoms with van der Waals surface area (Å²) in [7, 11) is 0. The predicted octanol–water partition coefficient (Wildman–Crippen LogP) is 4.77. The van der Waals surface area contributed by atoms with E-state index in [4.69, 9.17) is 0 Å². The van der Waals surface area contributed by atoms with Gasteiger partial charge >= 0.3 is 0 Å². The maximum atomic E-state index is 10.8. The Labute approximate surface area is 116 Å². The van der Waals surface area contributed by atoms with Crippen LogP contribution in [0.2, 0.25) is 0 Å². The zero-order valence-electron chi connectivity index (χ0n) is 11.7. The van der Waals surface area contributed by atoms with Crippen LogP contribution in [-0.2, 0) is 0 Å². The van der Waals surface area contributed by atoms with Gasteiger partial charge in [0.15, 0.2) is 6.29 Å². The summed E-state index contributed by atoms with van der Waals surface area (Å²) in [6, 6.07) is 7.46. The molecule has 0 aliphatic rings. The lowest BCUT2D eigenvalue weighted by molar-refractivity contribution is 0.112. The molecule has 0 unspecified atom stereocenters. The van der Waals surface area contributed by atoms with Crippen molar-refractivity contribution in [3.05, 3.63) is 47.5 Å². The van der Waals surface area contributed by atoms with Crippen molar-refractivity contribution >= 4 is 6.29 Å². The second-order valence-electron chi connectivity index (χ2n) is 4.51. The molecule has 1 rings (SSSR count). The van der Waals surface area contributed by atoms with Crippen molar-refractivity contribution in [1.29, 1.82) is 0 Å². The molecule has 0 fully saturated rings. The van der Waals surface area contributed by atoms with Gasteiger partial charge in [-0.3, -0.25) is 4.79 Å². The minimum absolute atomic E-state index is 0.675. The van der Waals surface area contributed by atoms with Crippen molar-refractivity contribution in [3.8, 4) is 11.8 Å². The normalized spacial score (nSPS) is 10.2. The van der Waals surface area contributed by atoms with Gasteiger partial charge in [0.05, 0.1) is 0 Å². The van der Waals surface area contributed by atoms with Gasteiger partial charge in [-0.05, 0) is 25.3 Å². The van der Waals surface area contributed by atoms with Crippen LogP contribution >= 0.6 is 0 Å². The van der Waals surface area contributed by atoms with E-state index in [1.54, 1.807) is 6.07 Å². The highest BCUT2D eigenvalue weighted by atomic mass is 16.1. The zero-order valence-corrected chi connectivity index (χ0v) is 11.7. The Hall–Kier alpha value is -1.81. The number of hydrogen-bond donors (Lipinski definition) is 0. The molecular formula is C18H22O. The Morgan fingerprint density at radius 1 is 1.11 bits per heavy atom. The van der Waals surface area contributed by atoms with E-state index in [0.717, 1.165) is 31.1 Å². The van der Waals surface area contributed by atoms with Crippen molar-refractivity contribution in [3.63, 3.8) is 0 Å². The quantitative estimate of drug-likeness (QED) is 0.296. The first-order valence-corrected chi connectivity index (χ1v) is 7.06. The van der Waals surface area contributed by atoms with E-state index in [2.05, 4.69) is 30.9 Å². The minimum atomic E-state index is 0.675. The summed E-state index contributed by atoms with van der Waals surface area (Å²) in [6.07, 6.45) is 12.1. The monoisotopic (exact) mass is 254 g/mol. The molecule has 0 radical (unpaired) electrons. The highest BCUT2D eigenvalue weighted by Crippen LogP contribution is 2.04. The average Bonchev–Trinajstić information content (AvgIpc) is 2.46. The molecule has 0 aliphatic carbocycles. The van der Waals surface area contributed by atoms with Gasteiger partial charge in [0.2, 0.25) is 0 Å². The minimum Gasteiger partial charge on any atom is -0.298 e. The number of carbonyl (C=O) groups is 1. The van der Waals surface area contributed by atoms with Gasteiger partial charge in [-0.25, -0.2) is 0 Å². The second-order valence-corrected chi connectivity index (χ2v) is 4.51. The van der Waals surface area contributed by atoms with Crippen LogP contribution in [0, 0.1) is 11.8 Å². The fraction of sp³-hybridized carbons (Fsp3) is 0.389. The summed E-state index contributed by atoms with van der Waals surface area (Å²) in [6.45, 7) is 2.21. The molecule has 1 aromatic carbocycles. The van der Waals surface area contributed by atoms with Crippen LogP contribution in [0.15, 0.2) is 36.4 Å². The van der Waals surface area contributed by atoms with E-state index in [9.17, 15) is 4.79 Å². The number of aldehydes is 1. The molecule has 1 heteroatoms. The summed E-state index contributed by atoms with van der Waals surface area (Å²) in [5.74, 6) is 6.21. The number of carbonyl (C=O) groups excluding carboxylic acids is 1. The van der Waals surface area contributed by atoms with Crippen molar-refractivity contribution in [2.24, 2.45) is 0 Å². The van der Waals surface area contributed by atoms with Crippen LogP contribution in [-0.4, -0.2) is 6.29 Å². The smallest absolute Gasteiger partial charge is 0.151 e. The molecule has 0 saturated heterocycles. The molecule has 0 N–H and O–H groups in total. The fourth-order valence-electron chi connectivity index (χ4n) is 1.74. The number of hydrogen-bond acceptors (Lipinski definition) is 1. The largest absolute Gasteiger partial charge is 0.298 e. The standard InChI is InChI=1S/C18H22O/c1-2-3-4-5-6-7-8-9-10-13-17-14-11-12-15-18(17)16-19/h5-6,11-12,14-16H,2-4,7-9H2,1H3/b6-5-. The molecule has 0 bridgehead atoms. The van der Waals surface area contributed by atoms with Gasteiger partial charge < -0.3 is 0 Å². The second kappa shape index (κ2) is 10.1. The third-order valence-corrected chi connectivity index (χ3v) is 2.87. The predicted molar refractivity (Wildman–Crippen MR) is 81.2 cm³/mol. The molecule has 0 aliphatic heterocycles. The van der Waals surface area contributed by atoms with Crippen LogP contribution in [0.3, 0.4) is 0 Å². The number of rotatable bonds is 7. The van der Waals surface area contributed by atoms with Gasteiger partial charge in [-0.15, -0.1) is 0 Å². The van der Waals surface area contributed by atoms with E-state index in [1.165, 1.54) is 19.3 Å². The third-order valence-electron chi connectivity index (χ3n) is 2.87. The Kier molecular flexibility index (Phi) is 8.14. The molecule has 0 heterocycles. The first kappa shape index (κ1) is 15.2. The van der Waals surface area contributed by atoms with Gasteiger partial charge in [0.25, 0.3) is 0 Å². The average molecular weight is 254 g/mol. The van der Waals surface area contributed by atoms with Gasteiger partial charge in [-0.2, -0.15) is 0 Å². The van der Waals surface area contributed by atoms with Crippen LogP contribution < -0.4 is 0 Å². The highest BCUT2D eigenvalue weighted by molar-refractivity contribution is 5.79. The van der Waals surface area contributed by atoms with Crippen molar-refractivity contribution < 1.29 is 4.79 Å². The Bertz CT molecular complexity index is 460. The fourth-order valence-corrected chi connectivity index (χ4v) is 1.74. The molecular weight excluding hydrogens is 232 g/mol. The Balaban J connectivity index is 2.28. The molecule has 0 atom stereocenters. The van der Waals surface area contributed by atoms with E-state index < -0.39 is 0 Å². The van der Waals surface area contributed by atoms with Crippen molar-refractivity contribution in [1.82, 2.24) is 0 Å². The lowest BCUT2D eigenvalue weighted by atomic mass is 10.1. The summed E-state index contributed by atoms with van der Waals surface area (Å²) in [4.78, 5) is 10.8. The first-order chi connectivity index (χ1) is 9.38. The summed E-state index contributed by atoms with van der Waals surface area (Å²) in [5, 5.41) is 0. The number of allylic oxidation sites excluding steroid dienone is 2. The molecule has 1 aromatic rings. The van der Waals surface area contributed by atoms with Crippen LogP contribution in [0.5, 0.6) is 0 Å². The number of unbranched alkanes of at least 4 members (excludes halogenated alkanes) is 4. The SMILES string of the molecule is CCCC/C=C\CCCC#Cc1ccccc1C=O. The Morgan fingerprint density at radius 2 is 1.84 bits per heavy atom. The van der Waals surface area contributed by atoms with Crippen molar-refractivity contribution in [2.45, 2.75) is 45.4 Å². The van der Waals surface area contributed by atoms with Crippen molar-refractivity contribution in [2.75, 3.05) is 0 Å². The lowest BCUT2D eigenvalue weighted by Gasteiger charge is -1.94. The molecule has 0 amide bonds. The topological polar surface area (TPSA) is 17.1 Å². The van der Waals surface area contributed by atoms with Gasteiger partial charge in [0.1, 0.15) is 0 Å². The van der Waals surface area contributed by atoms with Crippen LogP contribution in [0.1, 0.15) is 61.4 Å². The van der Waals surface area contributed by atoms with Crippen LogP contribution in [0.4, 0.5) is 0 Å².